The molecular weight excluding hydrogens is 339 g/mol. The molecule has 1 unspecified atom stereocenters. The molecule has 1 N–H and O–H groups in total. The van der Waals surface area contributed by atoms with Gasteiger partial charge >= 0.3 is 0 Å². The Morgan fingerprint density at radius 3 is 2.77 bits per heavy atom. The molecule has 1 aliphatic heterocycles. The van der Waals surface area contributed by atoms with E-state index in [2.05, 4.69) is 10.3 Å². The van der Waals surface area contributed by atoms with Crippen LogP contribution in [0, 0.1) is 15.9 Å². The molecule has 1 saturated heterocycles. The van der Waals surface area contributed by atoms with Gasteiger partial charge in [0.2, 0.25) is 0 Å². The zero-order valence-corrected chi connectivity index (χ0v) is 13.7. The van der Waals surface area contributed by atoms with Gasteiger partial charge in [-0.2, -0.15) is 0 Å². The van der Waals surface area contributed by atoms with E-state index in [9.17, 15) is 19.3 Å². The van der Waals surface area contributed by atoms with E-state index in [-0.39, 0.29) is 22.8 Å². The van der Waals surface area contributed by atoms with E-state index in [1.54, 1.807) is 6.07 Å². The molecule has 1 atom stereocenters. The first-order chi connectivity index (χ1) is 12.6. The van der Waals surface area contributed by atoms with Gasteiger partial charge in [-0.3, -0.25) is 19.5 Å². The van der Waals surface area contributed by atoms with E-state index >= 15 is 0 Å². The van der Waals surface area contributed by atoms with Crippen molar-refractivity contribution in [2.24, 2.45) is 0 Å². The summed E-state index contributed by atoms with van der Waals surface area (Å²) in [5.74, 6) is -0.139. The highest BCUT2D eigenvalue weighted by atomic mass is 19.1. The molecule has 0 spiro atoms. The van der Waals surface area contributed by atoms with E-state index in [1.807, 2.05) is 0 Å². The lowest BCUT2D eigenvalue weighted by atomic mass is 10.1. The van der Waals surface area contributed by atoms with Crippen molar-refractivity contribution in [1.29, 1.82) is 0 Å². The molecule has 1 aliphatic rings. The van der Waals surface area contributed by atoms with Crippen molar-refractivity contribution in [3.8, 4) is 5.69 Å². The second-order valence-corrected chi connectivity index (χ2v) is 6.17. The van der Waals surface area contributed by atoms with Crippen molar-refractivity contribution >= 4 is 16.6 Å². The molecule has 2 aromatic carbocycles. The molecule has 7 nitrogen and oxygen atoms in total. The number of nitro groups is 1. The number of hydrogen-bond acceptors (Lipinski definition) is 5. The number of nitrogens with one attached hydrogen (secondary N) is 1. The van der Waals surface area contributed by atoms with Gasteiger partial charge in [-0.15, -0.1) is 0 Å². The predicted molar refractivity (Wildman–Crippen MR) is 93.9 cm³/mol. The Hall–Kier alpha value is -3.13. The number of aromatic nitrogens is 2. The highest BCUT2D eigenvalue weighted by molar-refractivity contribution is 5.80. The van der Waals surface area contributed by atoms with Gasteiger partial charge in [0.25, 0.3) is 11.2 Å². The number of fused-ring (bicyclic) bond motifs is 1. The normalized spacial score (nSPS) is 16.9. The monoisotopic (exact) mass is 354 g/mol. The van der Waals surface area contributed by atoms with Crippen molar-refractivity contribution < 1.29 is 9.31 Å². The smallest absolute Gasteiger partial charge is 0.270 e. The number of hydrogen-bond donors (Lipinski definition) is 1. The van der Waals surface area contributed by atoms with Gasteiger partial charge in [-0.25, -0.2) is 9.37 Å². The summed E-state index contributed by atoms with van der Waals surface area (Å²) in [6, 6.07) is 9.72. The quantitative estimate of drug-likeness (QED) is 0.577. The molecule has 132 valence electrons. The van der Waals surface area contributed by atoms with E-state index in [0.29, 0.717) is 11.3 Å². The molecule has 2 heterocycles. The van der Waals surface area contributed by atoms with Crippen molar-refractivity contribution in [3.05, 3.63) is 74.6 Å². The number of halogens is 1. The van der Waals surface area contributed by atoms with Crippen LogP contribution in [-0.4, -0.2) is 21.0 Å². The van der Waals surface area contributed by atoms with E-state index < -0.39 is 16.3 Å². The summed E-state index contributed by atoms with van der Waals surface area (Å²) in [5.41, 5.74) is -0.283. The number of nitro benzene ring substituents is 1. The van der Waals surface area contributed by atoms with Crippen LogP contribution < -0.4 is 10.9 Å². The average Bonchev–Trinajstić information content (AvgIpc) is 3.17. The minimum atomic E-state index is -0.571. The molecule has 1 fully saturated rings. The maximum atomic E-state index is 14.4. The summed E-state index contributed by atoms with van der Waals surface area (Å²) in [7, 11) is 0. The Labute approximate surface area is 147 Å². The lowest BCUT2D eigenvalue weighted by Gasteiger charge is -2.18. The Morgan fingerprint density at radius 2 is 2.08 bits per heavy atom. The van der Waals surface area contributed by atoms with Crippen molar-refractivity contribution in [1.82, 2.24) is 14.9 Å². The Bertz CT molecular complexity index is 1070. The van der Waals surface area contributed by atoms with Gasteiger partial charge in [0.05, 0.1) is 27.6 Å². The molecule has 0 saturated carbocycles. The van der Waals surface area contributed by atoms with Crippen LogP contribution in [0.15, 0.2) is 47.3 Å². The van der Waals surface area contributed by atoms with Crippen molar-refractivity contribution in [3.63, 3.8) is 0 Å². The van der Waals surface area contributed by atoms with E-state index in [1.165, 1.54) is 41.0 Å². The van der Waals surface area contributed by atoms with Crippen LogP contribution in [0.5, 0.6) is 0 Å². The summed E-state index contributed by atoms with van der Waals surface area (Å²) in [4.78, 5) is 28.2. The van der Waals surface area contributed by atoms with E-state index in [0.717, 1.165) is 19.4 Å². The maximum Gasteiger partial charge on any atom is 0.270 e. The van der Waals surface area contributed by atoms with Crippen molar-refractivity contribution in [2.75, 3.05) is 6.54 Å². The van der Waals surface area contributed by atoms with Crippen LogP contribution in [0.25, 0.3) is 16.6 Å². The molecule has 4 rings (SSSR count). The van der Waals surface area contributed by atoms with E-state index in [4.69, 9.17) is 0 Å². The molecule has 1 aromatic heterocycles. The van der Waals surface area contributed by atoms with Crippen LogP contribution in [0.3, 0.4) is 0 Å². The molecule has 0 amide bonds. The Balaban J connectivity index is 2.06. The number of non-ortho nitro benzene ring substituents is 1. The molecular formula is C18H15FN4O3. The number of rotatable bonds is 3. The topological polar surface area (TPSA) is 90.1 Å². The average molecular weight is 354 g/mol. The van der Waals surface area contributed by atoms with Gasteiger partial charge < -0.3 is 5.32 Å². The van der Waals surface area contributed by atoms with Gasteiger partial charge in [0, 0.05) is 12.1 Å². The minimum absolute atomic E-state index is 0.0853. The summed E-state index contributed by atoms with van der Waals surface area (Å²) in [6.45, 7) is 0.788. The zero-order chi connectivity index (χ0) is 18.3. The van der Waals surface area contributed by atoms with Crippen LogP contribution in [0.1, 0.15) is 24.7 Å². The molecule has 8 heteroatoms. The van der Waals surface area contributed by atoms with Crippen LogP contribution >= 0.6 is 0 Å². The predicted octanol–water partition coefficient (Wildman–Crippen LogP) is 2.86. The standard InChI is InChI=1S/C18H15FN4O3/c19-13-4-1-2-6-16(13)22-17(15-5-3-9-20-15)21-14-8-7-11(23(25)26)10-12(14)18(22)24/h1-2,4,6-8,10,15,20H,3,5,9H2. The second kappa shape index (κ2) is 6.30. The minimum Gasteiger partial charge on any atom is -0.307 e. The first kappa shape index (κ1) is 16.3. The summed E-state index contributed by atoms with van der Waals surface area (Å²) in [6.07, 6.45) is 1.70. The third-order valence-corrected chi connectivity index (χ3v) is 4.55. The lowest BCUT2D eigenvalue weighted by Crippen LogP contribution is -2.29. The molecule has 3 aromatic rings. The summed E-state index contributed by atoms with van der Waals surface area (Å²) < 4.78 is 15.6. The first-order valence-corrected chi connectivity index (χ1v) is 8.25. The van der Waals surface area contributed by atoms with Crippen LogP contribution in [0.2, 0.25) is 0 Å². The van der Waals surface area contributed by atoms with Gasteiger partial charge in [0.15, 0.2) is 0 Å². The van der Waals surface area contributed by atoms with Gasteiger partial charge in [-0.1, -0.05) is 12.1 Å². The fraction of sp³-hybridized carbons (Fsp3) is 0.222. The lowest BCUT2D eigenvalue weighted by molar-refractivity contribution is -0.384. The Morgan fingerprint density at radius 1 is 1.27 bits per heavy atom. The zero-order valence-electron chi connectivity index (χ0n) is 13.7. The van der Waals surface area contributed by atoms with Crippen molar-refractivity contribution in [2.45, 2.75) is 18.9 Å². The third kappa shape index (κ3) is 2.64. The fourth-order valence-corrected chi connectivity index (χ4v) is 3.31. The number of nitrogens with zero attached hydrogens (tertiary/aromatic N) is 3. The van der Waals surface area contributed by atoms with Crippen LogP contribution in [-0.2, 0) is 0 Å². The molecule has 0 aliphatic carbocycles. The number of para-hydroxylation sites is 1. The Kier molecular flexibility index (Phi) is 3.96. The summed E-state index contributed by atoms with van der Waals surface area (Å²) in [5, 5.41) is 14.4. The summed E-state index contributed by atoms with van der Waals surface area (Å²) >= 11 is 0. The van der Waals surface area contributed by atoms with Gasteiger partial charge in [0.1, 0.15) is 11.6 Å². The fourth-order valence-electron chi connectivity index (χ4n) is 3.31. The first-order valence-electron chi connectivity index (χ1n) is 8.25. The largest absolute Gasteiger partial charge is 0.307 e. The molecule has 0 bridgehead atoms. The molecule has 26 heavy (non-hydrogen) atoms. The van der Waals surface area contributed by atoms with Gasteiger partial charge in [-0.05, 0) is 37.6 Å². The SMILES string of the molecule is O=c1c2cc([N+](=O)[O-])ccc2nc(C2CCCN2)n1-c1ccccc1F. The van der Waals surface area contributed by atoms with Crippen LogP contribution in [0.4, 0.5) is 10.1 Å². The highest BCUT2D eigenvalue weighted by Crippen LogP contribution is 2.26. The maximum absolute atomic E-state index is 14.4. The number of benzene rings is 2. The molecule has 0 radical (unpaired) electrons. The second-order valence-electron chi connectivity index (χ2n) is 6.17. The highest BCUT2D eigenvalue weighted by Gasteiger charge is 2.25. The third-order valence-electron chi connectivity index (χ3n) is 4.55.